The number of carbonyl (C=O) groups is 1. The molecule has 106 valence electrons. The van der Waals surface area contributed by atoms with Crippen LogP contribution < -0.4 is 0 Å². The average Bonchev–Trinajstić information content (AvgIpc) is 3.05. The second-order valence-corrected chi connectivity index (χ2v) is 5.70. The monoisotopic (exact) mass is 300 g/mol. The fourth-order valence-electron chi connectivity index (χ4n) is 2.33. The van der Waals surface area contributed by atoms with E-state index >= 15 is 0 Å². The van der Waals surface area contributed by atoms with E-state index in [4.69, 9.17) is 0 Å². The van der Waals surface area contributed by atoms with Crippen molar-refractivity contribution in [1.82, 2.24) is 9.88 Å². The van der Waals surface area contributed by atoms with Gasteiger partial charge in [-0.3, -0.25) is 4.79 Å². The SMILES string of the molecule is O=C(c1cccc2sc(C(F)(F)F)nc12)N1CCCC1. The van der Waals surface area contributed by atoms with Crippen molar-refractivity contribution in [2.45, 2.75) is 19.0 Å². The van der Waals surface area contributed by atoms with E-state index in [1.54, 1.807) is 23.1 Å². The topological polar surface area (TPSA) is 33.2 Å². The van der Waals surface area contributed by atoms with Crippen molar-refractivity contribution in [1.29, 1.82) is 0 Å². The Morgan fingerprint density at radius 3 is 2.60 bits per heavy atom. The van der Waals surface area contributed by atoms with E-state index in [9.17, 15) is 18.0 Å². The molecule has 3 rings (SSSR count). The van der Waals surface area contributed by atoms with E-state index in [0.717, 1.165) is 12.8 Å². The van der Waals surface area contributed by atoms with Crippen LogP contribution in [-0.2, 0) is 6.18 Å². The van der Waals surface area contributed by atoms with Gasteiger partial charge in [-0.15, -0.1) is 11.3 Å². The summed E-state index contributed by atoms with van der Waals surface area (Å²) in [6.45, 7) is 1.32. The lowest BCUT2D eigenvalue weighted by Crippen LogP contribution is -2.27. The van der Waals surface area contributed by atoms with Crippen LogP contribution in [0.1, 0.15) is 28.2 Å². The minimum absolute atomic E-state index is 0.154. The van der Waals surface area contributed by atoms with Crippen molar-refractivity contribution < 1.29 is 18.0 Å². The highest BCUT2D eigenvalue weighted by Gasteiger charge is 2.35. The Hall–Kier alpha value is -1.63. The van der Waals surface area contributed by atoms with E-state index < -0.39 is 11.2 Å². The van der Waals surface area contributed by atoms with E-state index in [1.165, 1.54) is 0 Å². The van der Waals surface area contributed by atoms with Crippen molar-refractivity contribution in [3.05, 3.63) is 28.8 Å². The van der Waals surface area contributed by atoms with Gasteiger partial charge in [0.1, 0.15) is 0 Å². The van der Waals surface area contributed by atoms with Gasteiger partial charge in [0.2, 0.25) is 0 Å². The first-order valence-electron chi connectivity index (χ1n) is 6.23. The molecule has 0 N–H and O–H groups in total. The average molecular weight is 300 g/mol. The highest BCUT2D eigenvalue weighted by Crippen LogP contribution is 2.36. The summed E-state index contributed by atoms with van der Waals surface area (Å²) in [6, 6.07) is 4.70. The van der Waals surface area contributed by atoms with Gasteiger partial charge in [-0.2, -0.15) is 13.2 Å². The number of aromatic nitrogens is 1. The second kappa shape index (κ2) is 4.73. The number of likely N-dealkylation sites (tertiary alicyclic amines) is 1. The Bertz CT molecular complexity index is 659. The number of hydrogen-bond donors (Lipinski definition) is 0. The lowest BCUT2D eigenvalue weighted by molar-refractivity contribution is -0.137. The molecule has 2 aromatic rings. The van der Waals surface area contributed by atoms with Crippen LogP contribution >= 0.6 is 11.3 Å². The number of carbonyl (C=O) groups excluding carboxylic acids is 1. The van der Waals surface area contributed by atoms with Crippen LogP contribution in [-0.4, -0.2) is 28.9 Å². The molecular formula is C13H11F3N2OS. The zero-order valence-corrected chi connectivity index (χ0v) is 11.2. The first-order chi connectivity index (χ1) is 9.47. The molecule has 1 aromatic carbocycles. The first-order valence-corrected chi connectivity index (χ1v) is 7.04. The molecule has 1 aromatic heterocycles. The van der Waals surface area contributed by atoms with Gasteiger partial charge < -0.3 is 4.90 Å². The Balaban J connectivity index is 2.07. The number of rotatable bonds is 1. The van der Waals surface area contributed by atoms with Crippen LogP contribution in [0.15, 0.2) is 18.2 Å². The summed E-state index contributed by atoms with van der Waals surface area (Å²) in [7, 11) is 0. The fourth-order valence-corrected chi connectivity index (χ4v) is 3.19. The number of thiazole rings is 1. The molecule has 0 aliphatic carbocycles. The van der Waals surface area contributed by atoms with Gasteiger partial charge in [-0.25, -0.2) is 4.98 Å². The highest BCUT2D eigenvalue weighted by molar-refractivity contribution is 7.18. The molecule has 0 saturated carbocycles. The molecule has 7 heteroatoms. The Morgan fingerprint density at radius 1 is 1.25 bits per heavy atom. The number of para-hydroxylation sites is 1. The second-order valence-electron chi connectivity index (χ2n) is 4.67. The number of hydrogen-bond acceptors (Lipinski definition) is 3. The predicted molar refractivity (Wildman–Crippen MR) is 69.8 cm³/mol. The van der Waals surface area contributed by atoms with Crippen molar-refractivity contribution in [3.63, 3.8) is 0 Å². The molecule has 2 heterocycles. The largest absolute Gasteiger partial charge is 0.443 e. The molecule has 3 nitrogen and oxygen atoms in total. The standard InChI is InChI=1S/C13H11F3N2OS/c14-13(15,16)12-17-10-8(4-3-5-9(10)20-12)11(19)18-6-1-2-7-18/h3-5H,1-2,6-7H2. The predicted octanol–water partition coefficient (Wildman–Crippen LogP) is 3.55. The molecule has 1 amide bonds. The molecule has 1 aliphatic heterocycles. The minimum atomic E-state index is -4.47. The Morgan fingerprint density at radius 2 is 1.95 bits per heavy atom. The molecule has 1 fully saturated rings. The summed E-state index contributed by atoms with van der Waals surface area (Å²) in [5.74, 6) is -0.230. The number of benzene rings is 1. The minimum Gasteiger partial charge on any atom is -0.339 e. The van der Waals surface area contributed by atoms with Gasteiger partial charge in [0.25, 0.3) is 5.91 Å². The van der Waals surface area contributed by atoms with Crippen LogP contribution in [0.5, 0.6) is 0 Å². The maximum Gasteiger partial charge on any atom is 0.443 e. The van der Waals surface area contributed by atoms with Crippen LogP contribution in [0, 0.1) is 0 Å². The van der Waals surface area contributed by atoms with E-state index in [0.29, 0.717) is 29.1 Å². The maximum absolute atomic E-state index is 12.7. The van der Waals surface area contributed by atoms with Crippen LogP contribution in [0.2, 0.25) is 0 Å². The molecule has 0 radical (unpaired) electrons. The smallest absolute Gasteiger partial charge is 0.339 e. The number of amides is 1. The van der Waals surface area contributed by atoms with Crippen LogP contribution in [0.3, 0.4) is 0 Å². The molecule has 1 saturated heterocycles. The van der Waals surface area contributed by atoms with Crippen molar-refractivity contribution >= 4 is 27.5 Å². The molecule has 1 aliphatic rings. The summed E-state index contributed by atoms with van der Waals surface area (Å²) >= 11 is 0.571. The van der Waals surface area contributed by atoms with Gasteiger partial charge in [0.05, 0.1) is 15.8 Å². The zero-order chi connectivity index (χ0) is 14.3. The summed E-state index contributed by atoms with van der Waals surface area (Å²) in [5.41, 5.74) is 0.415. The number of alkyl halides is 3. The van der Waals surface area contributed by atoms with Crippen molar-refractivity contribution in [2.75, 3.05) is 13.1 Å². The molecule has 0 atom stereocenters. The summed E-state index contributed by atoms with van der Waals surface area (Å²) in [4.78, 5) is 17.6. The lowest BCUT2D eigenvalue weighted by atomic mass is 10.1. The fraction of sp³-hybridized carbons (Fsp3) is 0.385. The van der Waals surface area contributed by atoms with Gasteiger partial charge in [0, 0.05) is 13.1 Å². The summed E-state index contributed by atoms with van der Waals surface area (Å²) in [6.07, 6.45) is -2.60. The van der Waals surface area contributed by atoms with E-state index in [1.807, 2.05) is 0 Å². The third kappa shape index (κ3) is 2.26. The summed E-state index contributed by atoms with van der Waals surface area (Å²) < 4.78 is 38.5. The van der Waals surface area contributed by atoms with Crippen LogP contribution in [0.25, 0.3) is 10.2 Å². The molecule has 0 bridgehead atoms. The van der Waals surface area contributed by atoms with Gasteiger partial charge in [0.15, 0.2) is 5.01 Å². The molecule has 20 heavy (non-hydrogen) atoms. The highest BCUT2D eigenvalue weighted by atomic mass is 32.1. The van der Waals surface area contributed by atoms with Crippen LogP contribution in [0.4, 0.5) is 13.2 Å². The maximum atomic E-state index is 12.7. The number of nitrogens with zero attached hydrogens (tertiary/aromatic N) is 2. The summed E-state index contributed by atoms with van der Waals surface area (Å²) in [5, 5.41) is -0.908. The molecule has 0 unspecified atom stereocenters. The zero-order valence-electron chi connectivity index (χ0n) is 10.4. The normalized spacial score (nSPS) is 16.1. The van der Waals surface area contributed by atoms with Crippen molar-refractivity contribution in [3.8, 4) is 0 Å². The molecular weight excluding hydrogens is 289 g/mol. The number of halogens is 3. The van der Waals surface area contributed by atoms with E-state index in [2.05, 4.69) is 4.98 Å². The van der Waals surface area contributed by atoms with E-state index in [-0.39, 0.29) is 17.0 Å². The molecule has 0 spiro atoms. The van der Waals surface area contributed by atoms with Gasteiger partial charge in [-0.1, -0.05) is 6.07 Å². The third-order valence-corrected chi connectivity index (χ3v) is 4.35. The lowest BCUT2D eigenvalue weighted by Gasteiger charge is -2.15. The van der Waals surface area contributed by atoms with Gasteiger partial charge >= 0.3 is 6.18 Å². The van der Waals surface area contributed by atoms with Gasteiger partial charge in [-0.05, 0) is 25.0 Å². The Kier molecular flexibility index (Phi) is 3.16. The third-order valence-electron chi connectivity index (χ3n) is 3.29. The van der Waals surface area contributed by atoms with Crippen molar-refractivity contribution in [2.24, 2.45) is 0 Å². The quantitative estimate of drug-likeness (QED) is 0.807. The number of fused-ring (bicyclic) bond motifs is 1. The first kappa shape index (κ1) is 13.4. The Labute approximate surface area is 117 Å².